The number of methoxy groups -OCH3 is 1. The number of amides is 1. The molecule has 0 unspecified atom stereocenters. The topological polar surface area (TPSA) is 73.9 Å². The van der Waals surface area contributed by atoms with Gasteiger partial charge in [-0.15, -0.1) is 0 Å². The van der Waals surface area contributed by atoms with Crippen molar-refractivity contribution in [1.29, 1.82) is 0 Å². The van der Waals surface area contributed by atoms with Crippen LogP contribution in [0.15, 0.2) is 42.5 Å². The first kappa shape index (κ1) is 19.9. The minimum atomic E-state index is -1.03. The van der Waals surface area contributed by atoms with Crippen molar-refractivity contribution in [3.8, 4) is 11.5 Å². The van der Waals surface area contributed by atoms with E-state index in [2.05, 4.69) is 5.32 Å². The number of rotatable bonds is 7. The van der Waals surface area contributed by atoms with E-state index in [0.717, 1.165) is 0 Å². The van der Waals surface area contributed by atoms with Gasteiger partial charge >= 0.3 is 5.97 Å². The molecule has 2 aromatic rings. The number of carbonyl (C=O) groups excluding carboxylic acids is 2. The minimum Gasteiger partial charge on any atom is -0.493 e. The van der Waals surface area contributed by atoms with Crippen LogP contribution in [-0.4, -0.2) is 31.7 Å². The van der Waals surface area contributed by atoms with E-state index in [4.69, 9.17) is 37.4 Å². The normalized spacial score (nSPS) is 11.4. The number of benzene rings is 2. The Kier molecular flexibility index (Phi) is 7.12. The van der Waals surface area contributed by atoms with Crippen LogP contribution in [0.3, 0.4) is 0 Å². The Balaban J connectivity index is 1.86. The molecule has 26 heavy (non-hydrogen) atoms. The molecular formula is C18H17Cl2NO5. The zero-order valence-corrected chi connectivity index (χ0v) is 15.6. The van der Waals surface area contributed by atoms with Gasteiger partial charge in [0.25, 0.3) is 5.91 Å². The number of ether oxygens (including phenoxy) is 3. The lowest BCUT2D eigenvalue weighted by atomic mass is 10.3. The van der Waals surface area contributed by atoms with Crippen LogP contribution in [0.25, 0.3) is 0 Å². The number of hydrogen-bond acceptors (Lipinski definition) is 5. The van der Waals surface area contributed by atoms with Crippen molar-refractivity contribution < 1.29 is 23.8 Å². The summed E-state index contributed by atoms with van der Waals surface area (Å²) in [7, 11) is 1.49. The molecule has 1 atom stereocenters. The minimum absolute atomic E-state index is 0.281. The van der Waals surface area contributed by atoms with Gasteiger partial charge in [-0.05, 0) is 37.3 Å². The SMILES string of the molecule is COc1ccccc1OCC(=O)O[C@@H](C)C(=O)Nc1ccc(Cl)cc1Cl. The second kappa shape index (κ2) is 9.31. The van der Waals surface area contributed by atoms with Gasteiger partial charge in [0, 0.05) is 5.02 Å². The molecule has 0 spiro atoms. The summed E-state index contributed by atoms with van der Waals surface area (Å²) in [6, 6.07) is 11.5. The predicted molar refractivity (Wildman–Crippen MR) is 99.1 cm³/mol. The fourth-order valence-electron chi connectivity index (χ4n) is 1.98. The van der Waals surface area contributed by atoms with Crippen molar-refractivity contribution in [3.63, 3.8) is 0 Å². The predicted octanol–water partition coefficient (Wildman–Crippen LogP) is 3.95. The fourth-order valence-corrected chi connectivity index (χ4v) is 2.44. The van der Waals surface area contributed by atoms with Gasteiger partial charge in [0.1, 0.15) is 0 Å². The molecule has 2 rings (SSSR count). The number of esters is 1. The summed E-state index contributed by atoms with van der Waals surface area (Å²) >= 11 is 11.8. The van der Waals surface area contributed by atoms with Gasteiger partial charge in [-0.25, -0.2) is 4.79 Å². The number of para-hydroxylation sites is 2. The first-order valence-corrected chi connectivity index (χ1v) is 8.37. The van der Waals surface area contributed by atoms with Crippen LogP contribution in [0.1, 0.15) is 6.92 Å². The summed E-state index contributed by atoms with van der Waals surface area (Å²) in [6.45, 7) is 1.08. The number of anilines is 1. The van der Waals surface area contributed by atoms with Gasteiger partial charge < -0.3 is 19.5 Å². The van der Waals surface area contributed by atoms with Crippen LogP contribution in [-0.2, 0) is 14.3 Å². The molecule has 0 bridgehead atoms. The Morgan fingerprint density at radius 2 is 1.81 bits per heavy atom. The Morgan fingerprint density at radius 1 is 1.12 bits per heavy atom. The van der Waals surface area contributed by atoms with Gasteiger partial charge in [-0.2, -0.15) is 0 Å². The highest BCUT2D eigenvalue weighted by atomic mass is 35.5. The summed E-state index contributed by atoms with van der Waals surface area (Å²) in [5.74, 6) is -0.332. The van der Waals surface area contributed by atoms with Gasteiger partial charge in [-0.1, -0.05) is 35.3 Å². The van der Waals surface area contributed by atoms with Gasteiger partial charge in [-0.3, -0.25) is 4.79 Å². The second-order valence-corrected chi connectivity index (χ2v) is 6.03. The third-order valence-electron chi connectivity index (χ3n) is 3.28. The molecular weight excluding hydrogens is 381 g/mol. The lowest BCUT2D eigenvalue weighted by Crippen LogP contribution is -2.31. The van der Waals surface area contributed by atoms with E-state index in [9.17, 15) is 9.59 Å². The van der Waals surface area contributed by atoms with Crippen LogP contribution < -0.4 is 14.8 Å². The Morgan fingerprint density at radius 3 is 2.46 bits per heavy atom. The molecule has 1 amide bonds. The molecule has 0 aliphatic carbocycles. The summed E-state index contributed by atoms with van der Waals surface area (Å²) in [5.41, 5.74) is 0.370. The van der Waals surface area contributed by atoms with Gasteiger partial charge in [0.15, 0.2) is 24.2 Å². The monoisotopic (exact) mass is 397 g/mol. The maximum absolute atomic E-state index is 12.1. The first-order valence-electron chi connectivity index (χ1n) is 7.62. The van der Waals surface area contributed by atoms with Crippen molar-refractivity contribution in [2.45, 2.75) is 13.0 Å². The average Bonchev–Trinajstić information content (AvgIpc) is 2.62. The number of carbonyl (C=O) groups is 2. The quantitative estimate of drug-likeness (QED) is 0.715. The first-order chi connectivity index (χ1) is 12.4. The van der Waals surface area contributed by atoms with Crippen LogP contribution in [0, 0.1) is 0 Å². The van der Waals surface area contributed by atoms with Crippen molar-refractivity contribution in [3.05, 3.63) is 52.5 Å². The molecule has 0 aliphatic rings. The molecule has 6 nitrogen and oxygen atoms in total. The third-order valence-corrected chi connectivity index (χ3v) is 3.83. The van der Waals surface area contributed by atoms with E-state index >= 15 is 0 Å². The molecule has 138 valence electrons. The van der Waals surface area contributed by atoms with Crippen LogP contribution in [0.5, 0.6) is 11.5 Å². The smallest absolute Gasteiger partial charge is 0.344 e. The maximum atomic E-state index is 12.1. The van der Waals surface area contributed by atoms with E-state index in [1.807, 2.05) is 0 Å². The van der Waals surface area contributed by atoms with E-state index in [1.54, 1.807) is 36.4 Å². The van der Waals surface area contributed by atoms with Crippen LogP contribution in [0.2, 0.25) is 10.0 Å². The summed E-state index contributed by atoms with van der Waals surface area (Å²) in [6.07, 6.45) is -1.03. The van der Waals surface area contributed by atoms with Crippen LogP contribution in [0.4, 0.5) is 5.69 Å². The van der Waals surface area contributed by atoms with Gasteiger partial charge in [0.05, 0.1) is 17.8 Å². The molecule has 8 heteroatoms. The Hall–Kier alpha value is -2.44. The largest absolute Gasteiger partial charge is 0.493 e. The highest BCUT2D eigenvalue weighted by Crippen LogP contribution is 2.26. The van der Waals surface area contributed by atoms with E-state index < -0.39 is 18.0 Å². The molecule has 0 saturated heterocycles. The molecule has 0 aliphatic heterocycles. The molecule has 0 fully saturated rings. The summed E-state index contributed by atoms with van der Waals surface area (Å²) in [5, 5.41) is 3.29. The molecule has 0 aromatic heterocycles. The lowest BCUT2D eigenvalue weighted by Gasteiger charge is -2.15. The Labute approximate surface area is 160 Å². The third kappa shape index (κ3) is 5.54. The Bertz CT molecular complexity index is 797. The number of halogens is 2. The highest BCUT2D eigenvalue weighted by molar-refractivity contribution is 6.36. The molecule has 0 radical (unpaired) electrons. The maximum Gasteiger partial charge on any atom is 0.344 e. The number of hydrogen-bond donors (Lipinski definition) is 1. The highest BCUT2D eigenvalue weighted by Gasteiger charge is 2.19. The van der Waals surface area contributed by atoms with Crippen molar-refractivity contribution in [1.82, 2.24) is 0 Å². The van der Waals surface area contributed by atoms with E-state index in [0.29, 0.717) is 22.2 Å². The fraction of sp³-hybridized carbons (Fsp3) is 0.222. The van der Waals surface area contributed by atoms with Crippen LogP contribution >= 0.6 is 23.2 Å². The van der Waals surface area contributed by atoms with Crippen molar-refractivity contribution in [2.24, 2.45) is 0 Å². The zero-order chi connectivity index (χ0) is 19.1. The van der Waals surface area contributed by atoms with E-state index in [1.165, 1.54) is 20.1 Å². The molecule has 0 heterocycles. The number of nitrogens with one attached hydrogen (secondary N) is 1. The zero-order valence-electron chi connectivity index (χ0n) is 14.1. The van der Waals surface area contributed by atoms with E-state index in [-0.39, 0.29) is 11.6 Å². The summed E-state index contributed by atoms with van der Waals surface area (Å²) < 4.78 is 15.5. The summed E-state index contributed by atoms with van der Waals surface area (Å²) in [4.78, 5) is 24.0. The van der Waals surface area contributed by atoms with Crippen molar-refractivity contribution in [2.75, 3.05) is 19.0 Å². The lowest BCUT2D eigenvalue weighted by molar-refractivity contribution is -0.155. The molecule has 0 saturated carbocycles. The standard InChI is InChI=1S/C18H17Cl2NO5/c1-11(18(23)21-14-8-7-12(19)9-13(14)20)26-17(22)10-25-16-6-4-3-5-15(16)24-2/h3-9,11H,10H2,1-2H3,(H,21,23)/t11-/m0/s1. The second-order valence-electron chi connectivity index (χ2n) is 5.19. The molecule has 2 aromatic carbocycles. The average molecular weight is 398 g/mol. The van der Waals surface area contributed by atoms with Gasteiger partial charge in [0.2, 0.25) is 0 Å². The molecule has 1 N–H and O–H groups in total. The van der Waals surface area contributed by atoms with Crippen molar-refractivity contribution >= 4 is 40.8 Å².